The van der Waals surface area contributed by atoms with Crippen LogP contribution in [0.2, 0.25) is 0 Å². The van der Waals surface area contributed by atoms with E-state index in [-0.39, 0.29) is 6.04 Å². The summed E-state index contributed by atoms with van der Waals surface area (Å²) in [6.07, 6.45) is 4.13. The normalized spacial score (nSPS) is 43.0. The minimum Gasteiger partial charge on any atom is -0.379 e. The molecule has 4 unspecified atom stereocenters. The van der Waals surface area contributed by atoms with Gasteiger partial charge in [0.15, 0.2) is 0 Å². The SMILES string of the molecule is CN1CCCC2CN(CC3COCC3N)CCC21. The van der Waals surface area contributed by atoms with Gasteiger partial charge in [0.2, 0.25) is 0 Å². The molecule has 0 bridgehead atoms. The van der Waals surface area contributed by atoms with Gasteiger partial charge >= 0.3 is 0 Å². The molecule has 0 aromatic rings. The molecule has 3 heterocycles. The fraction of sp³-hybridized carbons (Fsp3) is 1.00. The van der Waals surface area contributed by atoms with Crippen molar-refractivity contribution in [2.24, 2.45) is 17.6 Å². The fourth-order valence-corrected chi connectivity index (χ4v) is 4.03. The zero-order valence-corrected chi connectivity index (χ0v) is 11.6. The Morgan fingerprint density at radius 1 is 1.22 bits per heavy atom. The van der Waals surface area contributed by atoms with Gasteiger partial charge in [0, 0.05) is 31.1 Å². The molecule has 18 heavy (non-hydrogen) atoms. The lowest BCUT2D eigenvalue weighted by atomic mass is 9.84. The first-order chi connectivity index (χ1) is 8.74. The maximum atomic E-state index is 6.09. The maximum absolute atomic E-state index is 6.09. The number of piperidine rings is 2. The quantitative estimate of drug-likeness (QED) is 0.772. The summed E-state index contributed by atoms with van der Waals surface area (Å²) in [5.74, 6) is 1.44. The van der Waals surface area contributed by atoms with Crippen molar-refractivity contribution in [2.45, 2.75) is 31.3 Å². The molecule has 0 saturated carbocycles. The lowest BCUT2D eigenvalue weighted by Gasteiger charge is -2.46. The molecule has 4 atom stereocenters. The summed E-state index contributed by atoms with van der Waals surface area (Å²) in [7, 11) is 2.30. The zero-order valence-electron chi connectivity index (χ0n) is 11.6. The van der Waals surface area contributed by atoms with Gasteiger partial charge in [-0.15, -0.1) is 0 Å². The molecular formula is C14H27N3O. The van der Waals surface area contributed by atoms with Crippen molar-refractivity contribution >= 4 is 0 Å². The molecule has 0 radical (unpaired) electrons. The lowest BCUT2D eigenvalue weighted by molar-refractivity contribution is 0.0309. The van der Waals surface area contributed by atoms with Crippen LogP contribution < -0.4 is 5.73 Å². The van der Waals surface area contributed by atoms with Gasteiger partial charge in [-0.05, 0) is 45.3 Å². The predicted octanol–water partition coefficient (Wildman–Crippen LogP) is 0.376. The van der Waals surface area contributed by atoms with Gasteiger partial charge in [0.25, 0.3) is 0 Å². The summed E-state index contributed by atoms with van der Waals surface area (Å²) >= 11 is 0. The molecule has 0 aromatic carbocycles. The van der Waals surface area contributed by atoms with Crippen LogP contribution in [0.3, 0.4) is 0 Å². The number of nitrogens with two attached hydrogens (primary N) is 1. The number of rotatable bonds is 2. The van der Waals surface area contributed by atoms with Crippen molar-refractivity contribution < 1.29 is 4.74 Å². The highest BCUT2D eigenvalue weighted by molar-refractivity contribution is 4.91. The third-order valence-corrected chi connectivity index (χ3v) is 5.17. The predicted molar refractivity (Wildman–Crippen MR) is 72.5 cm³/mol. The van der Waals surface area contributed by atoms with Gasteiger partial charge in [0.05, 0.1) is 13.2 Å². The van der Waals surface area contributed by atoms with Crippen molar-refractivity contribution in [3.05, 3.63) is 0 Å². The second-order valence-corrected chi connectivity index (χ2v) is 6.46. The van der Waals surface area contributed by atoms with E-state index in [9.17, 15) is 0 Å². The molecule has 2 N–H and O–H groups in total. The van der Waals surface area contributed by atoms with Gasteiger partial charge in [0.1, 0.15) is 0 Å². The summed E-state index contributed by atoms with van der Waals surface area (Å²) in [5, 5.41) is 0. The van der Waals surface area contributed by atoms with Gasteiger partial charge in [-0.25, -0.2) is 0 Å². The van der Waals surface area contributed by atoms with Crippen LogP contribution in [0.1, 0.15) is 19.3 Å². The monoisotopic (exact) mass is 253 g/mol. The molecule has 3 rings (SSSR count). The number of hydrogen-bond acceptors (Lipinski definition) is 4. The van der Waals surface area contributed by atoms with E-state index in [4.69, 9.17) is 10.5 Å². The molecular weight excluding hydrogens is 226 g/mol. The average Bonchev–Trinajstić information content (AvgIpc) is 2.75. The van der Waals surface area contributed by atoms with Crippen molar-refractivity contribution in [3.8, 4) is 0 Å². The molecule has 0 spiro atoms. The summed E-state index contributed by atoms with van der Waals surface area (Å²) < 4.78 is 5.47. The fourth-order valence-electron chi connectivity index (χ4n) is 4.03. The Balaban J connectivity index is 1.54. The molecule has 3 saturated heterocycles. The highest BCUT2D eigenvalue weighted by Crippen LogP contribution is 2.30. The van der Waals surface area contributed by atoms with Crippen LogP contribution in [0.4, 0.5) is 0 Å². The van der Waals surface area contributed by atoms with Crippen LogP contribution in [0, 0.1) is 11.8 Å². The zero-order chi connectivity index (χ0) is 12.5. The van der Waals surface area contributed by atoms with Crippen molar-refractivity contribution in [1.29, 1.82) is 0 Å². The van der Waals surface area contributed by atoms with Crippen molar-refractivity contribution in [3.63, 3.8) is 0 Å². The Kier molecular flexibility index (Phi) is 3.89. The van der Waals surface area contributed by atoms with Gasteiger partial charge in [-0.2, -0.15) is 0 Å². The molecule has 0 amide bonds. The van der Waals surface area contributed by atoms with Gasteiger partial charge < -0.3 is 20.3 Å². The molecule has 4 nitrogen and oxygen atoms in total. The number of fused-ring (bicyclic) bond motifs is 1. The standard InChI is InChI=1S/C14H27N3O/c1-16-5-2-3-11-7-17(6-4-14(11)16)8-12-9-18-10-13(12)15/h11-14H,2-10,15H2,1H3. The Morgan fingerprint density at radius 2 is 2.11 bits per heavy atom. The Labute approximate surface area is 110 Å². The molecule has 3 aliphatic rings. The summed E-state index contributed by atoms with van der Waals surface area (Å²) in [4.78, 5) is 5.22. The number of nitrogens with zero attached hydrogens (tertiary/aromatic N) is 2. The second kappa shape index (κ2) is 5.45. The summed E-state index contributed by atoms with van der Waals surface area (Å²) in [5.41, 5.74) is 6.09. The second-order valence-electron chi connectivity index (χ2n) is 6.46. The maximum Gasteiger partial charge on any atom is 0.0621 e. The number of likely N-dealkylation sites (tertiary alicyclic amines) is 2. The first-order valence-corrected chi connectivity index (χ1v) is 7.50. The summed E-state index contributed by atoms with van der Waals surface area (Å²) in [6, 6.07) is 1.10. The van der Waals surface area contributed by atoms with Crippen LogP contribution >= 0.6 is 0 Å². The smallest absolute Gasteiger partial charge is 0.0621 e. The Morgan fingerprint density at radius 3 is 2.89 bits per heavy atom. The van der Waals surface area contributed by atoms with E-state index in [1.165, 1.54) is 38.9 Å². The highest BCUT2D eigenvalue weighted by atomic mass is 16.5. The molecule has 4 heteroatoms. The lowest BCUT2D eigenvalue weighted by Crippen LogP contribution is -2.54. The molecule has 0 aliphatic carbocycles. The van der Waals surface area contributed by atoms with E-state index in [1.807, 2.05) is 0 Å². The van der Waals surface area contributed by atoms with E-state index in [2.05, 4.69) is 16.8 Å². The largest absolute Gasteiger partial charge is 0.379 e. The molecule has 3 fully saturated rings. The molecule has 0 aromatic heterocycles. The Hall–Kier alpha value is -0.160. The van der Waals surface area contributed by atoms with E-state index >= 15 is 0 Å². The van der Waals surface area contributed by atoms with Crippen LogP contribution in [0.25, 0.3) is 0 Å². The highest BCUT2D eigenvalue weighted by Gasteiger charge is 2.36. The van der Waals surface area contributed by atoms with Crippen LogP contribution in [0.5, 0.6) is 0 Å². The van der Waals surface area contributed by atoms with Gasteiger partial charge in [-0.3, -0.25) is 0 Å². The third kappa shape index (κ3) is 2.57. The van der Waals surface area contributed by atoms with Gasteiger partial charge in [-0.1, -0.05) is 0 Å². The van der Waals surface area contributed by atoms with E-state index in [1.54, 1.807) is 0 Å². The van der Waals surface area contributed by atoms with Crippen molar-refractivity contribution in [2.75, 3.05) is 46.4 Å². The van der Waals surface area contributed by atoms with Crippen LogP contribution in [0.15, 0.2) is 0 Å². The minimum atomic E-state index is 0.261. The van der Waals surface area contributed by atoms with Crippen molar-refractivity contribution in [1.82, 2.24) is 9.80 Å². The Bertz CT molecular complexity index is 286. The van der Waals surface area contributed by atoms with E-state index in [0.29, 0.717) is 5.92 Å². The number of ether oxygens (including phenoxy) is 1. The molecule has 3 aliphatic heterocycles. The number of hydrogen-bond donors (Lipinski definition) is 1. The summed E-state index contributed by atoms with van der Waals surface area (Å²) in [6.45, 7) is 6.59. The van der Waals surface area contributed by atoms with E-state index < -0.39 is 0 Å². The first-order valence-electron chi connectivity index (χ1n) is 7.50. The first kappa shape index (κ1) is 12.9. The minimum absolute atomic E-state index is 0.261. The van der Waals surface area contributed by atoms with Crippen LogP contribution in [-0.4, -0.2) is 68.3 Å². The topological polar surface area (TPSA) is 41.7 Å². The van der Waals surface area contributed by atoms with E-state index in [0.717, 1.165) is 31.7 Å². The average molecular weight is 253 g/mol. The third-order valence-electron chi connectivity index (χ3n) is 5.17. The van der Waals surface area contributed by atoms with Crippen LogP contribution in [-0.2, 0) is 4.74 Å². The molecule has 104 valence electrons.